The average molecular weight is 226 g/mol. The topological polar surface area (TPSA) is 108 Å². The number of rotatable bonds is 2. The van der Waals surface area contributed by atoms with Crippen LogP contribution in [0.25, 0.3) is 0 Å². The van der Waals surface area contributed by atoms with Crippen LogP contribution in [0.5, 0.6) is 0 Å². The van der Waals surface area contributed by atoms with E-state index in [1.807, 2.05) is 4.90 Å². The van der Waals surface area contributed by atoms with Crippen LogP contribution in [0.15, 0.2) is 5.16 Å². The Morgan fingerprint density at radius 1 is 1.50 bits per heavy atom. The molecule has 88 valence electrons. The molecule has 2 amide bonds. The summed E-state index contributed by atoms with van der Waals surface area (Å²) in [5, 5.41) is 13.7. The molecule has 2 rings (SSSR count). The maximum Gasteiger partial charge on any atom is 0.231 e. The van der Waals surface area contributed by atoms with E-state index in [4.69, 9.17) is 10.9 Å². The molecule has 7 heteroatoms. The Labute approximate surface area is 92.3 Å². The van der Waals surface area contributed by atoms with Crippen molar-refractivity contribution in [1.29, 1.82) is 0 Å². The lowest BCUT2D eigenvalue weighted by atomic mass is 9.88. The number of carbonyl (C=O) groups is 2. The Bertz CT molecular complexity index is 355. The molecule has 2 atom stereocenters. The summed E-state index contributed by atoms with van der Waals surface area (Å²) in [4.78, 5) is 24.7. The van der Waals surface area contributed by atoms with Gasteiger partial charge < -0.3 is 10.9 Å². The number of piperidine rings is 1. The molecule has 0 spiro atoms. The third-order valence-corrected chi connectivity index (χ3v) is 3.13. The molecule has 7 nitrogen and oxygen atoms in total. The van der Waals surface area contributed by atoms with E-state index in [2.05, 4.69) is 10.5 Å². The Hall–Kier alpha value is -1.63. The number of likely N-dealkylation sites (tertiary alicyclic amines) is 1. The van der Waals surface area contributed by atoms with Crippen molar-refractivity contribution in [3.8, 4) is 0 Å². The Morgan fingerprint density at radius 2 is 2.19 bits per heavy atom. The third-order valence-electron chi connectivity index (χ3n) is 3.13. The van der Waals surface area contributed by atoms with Crippen LogP contribution in [0.4, 0.5) is 0 Å². The molecule has 0 aromatic carbocycles. The first-order valence-electron chi connectivity index (χ1n) is 5.15. The van der Waals surface area contributed by atoms with Crippen LogP contribution < -0.4 is 11.1 Å². The summed E-state index contributed by atoms with van der Waals surface area (Å²) >= 11 is 0. The van der Waals surface area contributed by atoms with Crippen molar-refractivity contribution in [2.45, 2.75) is 6.42 Å². The van der Waals surface area contributed by atoms with Gasteiger partial charge in [-0.1, -0.05) is 5.16 Å². The average Bonchev–Trinajstić information content (AvgIpc) is 2.54. The monoisotopic (exact) mass is 226 g/mol. The van der Waals surface area contributed by atoms with Gasteiger partial charge in [-0.25, -0.2) is 0 Å². The van der Waals surface area contributed by atoms with Crippen molar-refractivity contribution in [2.75, 3.05) is 19.6 Å². The van der Waals surface area contributed by atoms with E-state index in [-0.39, 0.29) is 29.5 Å². The minimum atomic E-state index is -0.284. The smallest absolute Gasteiger partial charge is 0.231 e. The number of nitrogens with two attached hydrogens (primary N) is 1. The van der Waals surface area contributed by atoms with Gasteiger partial charge in [0.1, 0.15) is 0 Å². The molecule has 2 aliphatic rings. The van der Waals surface area contributed by atoms with E-state index in [9.17, 15) is 9.59 Å². The number of amides is 2. The standard InChI is InChI=1S/C9H14N4O3/c10-7(12-16)4-13-2-1-5-6(3-13)9(15)11-8(5)14/h5-6,16H,1-4H2,(H2,10,12)(H,11,14,15)/t5-,6-/m0/s1. The van der Waals surface area contributed by atoms with Crippen molar-refractivity contribution in [3.63, 3.8) is 0 Å². The second-order valence-electron chi connectivity index (χ2n) is 4.18. The van der Waals surface area contributed by atoms with Crippen molar-refractivity contribution >= 4 is 17.6 Å². The number of hydrogen-bond acceptors (Lipinski definition) is 5. The normalized spacial score (nSPS) is 31.4. The predicted molar refractivity (Wildman–Crippen MR) is 54.6 cm³/mol. The molecule has 0 aromatic heterocycles. The van der Waals surface area contributed by atoms with Crippen molar-refractivity contribution in [2.24, 2.45) is 22.7 Å². The quantitative estimate of drug-likeness (QED) is 0.171. The fourth-order valence-electron chi connectivity index (χ4n) is 2.31. The van der Waals surface area contributed by atoms with E-state index in [1.165, 1.54) is 0 Å². The number of amidine groups is 1. The number of hydrogen-bond donors (Lipinski definition) is 3. The molecule has 4 N–H and O–H groups in total. The van der Waals surface area contributed by atoms with Crippen LogP contribution in [0.1, 0.15) is 6.42 Å². The maximum absolute atomic E-state index is 11.5. The molecule has 0 radical (unpaired) electrons. The number of carbonyl (C=O) groups excluding carboxylic acids is 2. The summed E-state index contributed by atoms with van der Waals surface area (Å²) in [6.45, 7) is 1.48. The van der Waals surface area contributed by atoms with Gasteiger partial charge in [0.05, 0.1) is 18.4 Å². The molecule has 0 aliphatic carbocycles. The molecule has 2 aliphatic heterocycles. The summed E-state index contributed by atoms with van der Waals surface area (Å²) in [5.74, 6) is -0.746. The van der Waals surface area contributed by atoms with E-state index in [0.29, 0.717) is 26.1 Å². The van der Waals surface area contributed by atoms with Gasteiger partial charge in [-0.3, -0.25) is 19.8 Å². The van der Waals surface area contributed by atoms with Gasteiger partial charge in [0.15, 0.2) is 5.84 Å². The Morgan fingerprint density at radius 3 is 2.88 bits per heavy atom. The van der Waals surface area contributed by atoms with Gasteiger partial charge in [-0.2, -0.15) is 0 Å². The van der Waals surface area contributed by atoms with Gasteiger partial charge >= 0.3 is 0 Å². The molecule has 0 saturated carbocycles. The SMILES string of the molecule is NC(CN1CC[C@@H]2C(=O)NC(=O)[C@H]2C1)=NO. The number of imide groups is 1. The minimum absolute atomic E-state index is 0.114. The second-order valence-corrected chi connectivity index (χ2v) is 4.18. The highest BCUT2D eigenvalue weighted by Crippen LogP contribution is 2.28. The molecule has 16 heavy (non-hydrogen) atoms. The lowest BCUT2D eigenvalue weighted by Gasteiger charge is -2.31. The molecule has 0 unspecified atom stereocenters. The number of oxime groups is 1. The summed E-state index contributed by atoms with van der Waals surface area (Å²) in [6.07, 6.45) is 0.640. The van der Waals surface area contributed by atoms with Crippen molar-refractivity contribution in [3.05, 3.63) is 0 Å². The highest BCUT2D eigenvalue weighted by Gasteiger charge is 2.44. The second kappa shape index (κ2) is 4.09. The Kier molecular flexibility index (Phi) is 2.78. The van der Waals surface area contributed by atoms with E-state index < -0.39 is 0 Å². The first-order valence-corrected chi connectivity index (χ1v) is 5.15. The van der Waals surface area contributed by atoms with Crippen LogP contribution >= 0.6 is 0 Å². The van der Waals surface area contributed by atoms with Crippen LogP contribution in [-0.4, -0.2) is 47.4 Å². The molecule has 0 aromatic rings. The number of nitrogens with one attached hydrogen (secondary N) is 1. The summed E-state index contributed by atoms with van der Waals surface area (Å²) in [5.41, 5.74) is 5.39. The van der Waals surface area contributed by atoms with Crippen LogP contribution in [0, 0.1) is 11.8 Å². The van der Waals surface area contributed by atoms with Crippen LogP contribution in [0.2, 0.25) is 0 Å². The van der Waals surface area contributed by atoms with Gasteiger partial charge in [0, 0.05) is 6.54 Å². The molecule has 2 fully saturated rings. The number of nitrogens with zero attached hydrogens (tertiary/aromatic N) is 2. The summed E-state index contributed by atoms with van der Waals surface area (Å²) in [6, 6.07) is 0. The van der Waals surface area contributed by atoms with E-state index in [0.717, 1.165) is 0 Å². The zero-order valence-corrected chi connectivity index (χ0v) is 8.72. The highest BCUT2D eigenvalue weighted by molar-refractivity contribution is 6.05. The zero-order chi connectivity index (χ0) is 11.7. The van der Waals surface area contributed by atoms with Gasteiger partial charge in [-0.05, 0) is 13.0 Å². The third kappa shape index (κ3) is 1.85. The Balaban J connectivity index is 2.00. The molecule has 0 bridgehead atoms. The lowest BCUT2D eigenvalue weighted by molar-refractivity contribution is -0.126. The first-order chi connectivity index (χ1) is 7.61. The molecular weight excluding hydrogens is 212 g/mol. The zero-order valence-electron chi connectivity index (χ0n) is 8.72. The predicted octanol–water partition coefficient (Wildman–Crippen LogP) is -1.67. The summed E-state index contributed by atoms with van der Waals surface area (Å²) in [7, 11) is 0. The van der Waals surface area contributed by atoms with Crippen molar-refractivity contribution < 1.29 is 14.8 Å². The van der Waals surface area contributed by atoms with E-state index >= 15 is 0 Å². The fraction of sp³-hybridized carbons (Fsp3) is 0.667. The minimum Gasteiger partial charge on any atom is -0.409 e. The molecule has 2 saturated heterocycles. The van der Waals surface area contributed by atoms with Crippen molar-refractivity contribution in [1.82, 2.24) is 10.2 Å². The largest absolute Gasteiger partial charge is 0.409 e. The van der Waals surface area contributed by atoms with Gasteiger partial charge in [-0.15, -0.1) is 0 Å². The lowest BCUT2D eigenvalue weighted by Crippen LogP contribution is -2.45. The fourth-order valence-corrected chi connectivity index (χ4v) is 2.31. The highest BCUT2D eigenvalue weighted by atomic mass is 16.4. The maximum atomic E-state index is 11.5. The van der Waals surface area contributed by atoms with Crippen LogP contribution in [-0.2, 0) is 9.59 Å². The van der Waals surface area contributed by atoms with E-state index in [1.54, 1.807) is 0 Å². The summed E-state index contributed by atoms with van der Waals surface area (Å²) < 4.78 is 0. The van der Waals surface area contributed by atoms with Gasteiger partial charge in [0.2, 0.25) is 11.8 Å². The first kappa shape index (κ1) is 10.9. The number of fused-ring (bicyclic) bond motifs is 1. The molecule has 2 heterocycles. The van der Waals surface area contributed by atoms with Gasteiger partial charge in [0.25, 0.3) is 0 Å². The van der Waals surface area contributed by atoms with Crippen LogP contribution in [0.3, 0.4) is 0 Å². The molecular formula is C9H14N4O3.